The molecule has 1 heterocycles. The van der Waals surface area contributed by atoms with Crippen molar-refractivity contribution in [2.45, 2.75) is 20.2 Å². The molecule has 27 heavy (non-hydrogen) atoms. The first-order valence-electron chi connectivity index (χ1n) is 8.14. The van der Waals surface area contributed by atoms with Crippen molar-refractivity contribution in [3.8, 4) is 5.75 Å². The first-order valence-corrected chi connectivity index (χ1v) is 8.14. The summed E-state index contributed by atoms with van der Waals surface area (Å²) in [6.07, 6.45) is -0.314. The zero-order valence-corrected chi connectivity index (χ0v) is 14.9. The Kier molecular flexibility index (Phi) is 6.75. The van der Waals surface area contributed by atoms with Crippen LogP contribution >= 0.6 is 0 Å². The molecule has 2 aromatic rings. The van der Waals surface area contributed by atoms with E-state index in [4.69, 9.17) is 5.73 Å². The van der Waals surface area contributed by atoms with Gasteiger partial charge < -0.3 is 15.8 Å². The van der Waals surface area contributed by atoms with E-state index in [1.165, 1.54) is 36.8 Å². The fourth-order valence-corrected chi connectivity index (χ4v) is 2.03. The minimum absolute atomic E-state index is 0.300. The standard InChI is InChI=1S/C18H20F3N5O/c1-12(2)9-23-10-13(8-22)16-7-17(25-11-24-16)26-14-3-5-15(6-4-14)27-18(19,20)21/h3-8,10-12H,9,22H2,1-2H3,(H,24,25,26). The molecule has 2 rings (SSSR count). The molecule has 0 atom stereocenters. The van der Waals surface area contributed by atoms with Crippen molar-refractivity contribution in [2.75, 3.05) is 11.9 Å². The van der Waals surface area contributed by atoms with Crippen molar-refractivity contribution >= 4 is 23.3 Å². The average Bonchev–Trinajstić information content (AvgIpc) is 2.59. The van der Waals surface area contributed by atoms with Crippen LogP contribution in [0, 0.1) is 5.92 Å². The van der Waals surface area contributed by atoms with Crippen molar-refractivity contribution in [1.29, 1.82) is 0 Å². The Morgan fingerprint density at radius 1 is 1.26 bits per heavy atom. The van der Waals surface area contributed by atoms with E-state index < -0.39 is 6.36 Å². The lowest BCUT2D eigenvalue weighted by Crippen LogP contribution is -2.16. The van der Waals surface area contributed by atoms with Gasteiger partial charge in [0.1, 0.15) is 17.9 Å². The van der Waals surface area contributed by atoms with E-state index in [9.17, 15) is 13.2 Å². The predicted octanol–water partition coefficient (Wildman–Crippen LogP) is 4.15. The highest BCUT2D eigenvalue weighted by atomic mass is 19.4. The van der Waals surface area contributed by atoms with Crippen LogP contribution in [0.25, 0.3) is 5.57 Å². The number of hydrogen-bond donors (Lipinski definition) is 2. The summed E-state index contributed by atoms with van der Waals surface area (Å²) < 4.78 is 40.4. The number of rotatable bonds is 7. The maximum absolute atomic E-state index is 12.2. The van der Waals surface area contributed by atoms with Crippen molar-refractivity contribution in [2.24, 2.45) is 16.6 Å². The zero-order chi connectivity index (χ0) is 19.9. The summed E-state index contributed by atoms with van der Waals surface area (Å²) in [4.78, 5) is 12.6. The van der Waals surface area contributed by atoms with Crippen molar-refractivity contribution < 1.29 is 17.9 Å². The van der Waals surface area contributed by atoms with Crippen LogP contribution in [0.3, 0.4) is 0 Å². The van der Waals surface area contributed by atoms with Crippen LogP contribution in [0.4, 0.5) is 24.7 Å². The fourth-order valence-electron chi connectivity index (χ4n) is 2.03. The molecule has 0 saturated carbocycles. The van der Waals surface area contributed by atoms with Gasteiger partial charge in [-0.2, -0.15) is 0 Å². The highest BCUT2D eigenvalue weighted by Crippen LogP contribution is 2.25. The summed E-state index contributed by atoms with van der Waals surface area (Å²) >= 11 is 0. The zero-order valence-electron chi connectivity index (χ0n) is 14.9. The number of aromatic nitrogens is 2. The maximum atomic E-state index is 12.2. The van der Waals surface area contributed by atoms with Crippen LogP contribution in [-0.2, 0) is 0 Å². The van der Waals surface area contributed by atoms with Gasteiger partial charge in [-0.05, 0) is 30.2 Å². The summed E-state index contributed by atoms with van der Waals surface area (Å²) in [6.45, 7) is 4.78. The molecule has 1 aromatic carbocycles. The second kappa shape index (κ2) is 9.02. The van der Waals surface area contributed by atoms with Gasteiger partial charge in [0, 0.05) is 36.3 Å². The molecule has 0 bridgehead atoms. The number of benzene rings is 1. The second-order valence-corrected chi connectivity index (χ2v) is 6.00. The highest BCUT2D eigenvalue weighted by molar-refractivity contribution is 6.09. The van der Waals surface area contributed by atoms with Gasteiger partial charge in [0.2, 0.25) is 0 Å². The van der Waals surface area contributed by atoms with Crippen LogP contribution < -0.4 is 15.8 Å². The number of allylic oxidation sites excluding steroid dienone is 1. The predicted molar refractivity (Wildman–Crippen MR) is 98.8 cm³/mol. The highest BCUT2D eigenvalue weighted by Gasteiger charge is 2.30. The SMILES string of the molecule is CC(C)CN=CC(=CN)c1cc(Nc2ccc(OC(F)(F)F)cc2)ncn1. The number of nitrogens with zero attached hydrogens (tertiary/aromatic N) is 3. The summed E-state index contributed by atoms with van der Waals surface area (Å²) in [7, 11) is 0. The van der Waals surface area contributed by atoms with E-state index in [-0.39, 0.29) is 5.75 Å². The Balaban J connectivity index is 2.10. The molecule has 6 nitrogen and oxygen atoms in total. The van der Waals surface area contributed by atoms with Gasteiger partial charge in [-0.3, -0.25) is 4.99 Å². The third-order valence-electron chi connectivity index (χ3n) is 3.20. The molecule has 9 heteroatoms. The van der Waals surface area contributed by atoms with E-state index in [0.29, 0.717) is 35.2 Å². The number of alkyl halides is 3. The largest absolute Gasteiger partial charge is 0.573 e. The van der Waals surface area contributed by atoms with Crippen LogP contribution in [0.5, 0.6) is 5.75 Å². The molecule has 144 valence electrons. The topological polar surface area (TPSA) is 85.4 Å². The molecule has 0 saturated heterocycles. The van der Waals surface area contributed by atoms with Crippen molar-refractivity contribution in [3.05, 3.63) is 48.6 Å². The molecule has 0 aliphatic carbocycles. The molecule has 0 radical (unpaired) electrons. The Hall–Kier alpha value is -3.10. The number of anilines is 2. The molecule has 0 unspecified atom stereocenters. The van der Waals surface area contributed by atoms with E-state index >= 15 is 0 Å². The summed E-state index contributed by atoms with van der Waals surface area (Å²) in [5.41, 5.74) is 7.40. The molecule has 1 aromatic heterocycles. The van der Waals surface area contributed by atoms with Crippen molar-refractivity contribution in [3.63, 3.8) is 0 Å². The number of ether oxygens (including phenoxy) is 1. The molecule has 0 aliphatic rings. The first-order chi connectivity index (χ1) is 12.8. The van der Waals surface area contributed by atoms with E-state index in [1.807, 2.05) is 0 Å². The van der Waals surface area contributed by atoms with Gasteiger partial charge in [-0.15, -0.1) is 13.2 Å². The lowest BCUT2D eigenvalue weighted by atomic mass is 10.2. The monoisotopic (exact) mass is 379 g/mol. The Labute approximate surface area is 155 Å². The van der Waals surface area contributed by atoms with Crippen LogP contribution in [0.1, 0.15) is 19.5 Å². The van der Waals surface area contributed by atoms with E-state index in [1.54, 1.807) is 12.3 Å². The molecule has 0 fully saturated rings. The number of hydrogen-bond acceptors (Lipinski definition) is 6. The average molecular weight is 379 g/mol. The van der Waals surface area contributed by atoms with E-state index in [2.05, 4.69) is 38.9 Å². The minimum Gasteiger partial charge on any atom is -0.406 e. The number of halogens is 3. The van der Waals surface area contributed by atoms with Crippen molar-refractivity contribution in [1.82, 2.24) is 9.97 Å². The Morgan fingerprint density at radius 3 is 2.56 bits per heavy atom. The van der Waals surface area contributed by atoms with Crippen LogP contribution in [0.2, 0.25) is 0 Å². The third-order valence-corrected chi connectivity index (χ3v) is 3.20. The quantitative estimate of drug-likeness (QED) is 0.706. The normalized spacial score (nSPS) is 12.6. The summed E-state index contributed by atoms with van der Waals surface area (Å²) in [5, 5.41) is 2.99. The molecular weight excluding hydrogens is 359 g/mol. The Morgan fingerprint density at radius 2 is 1.96 bits per heavy atom. The van der Waals surface area contributed by atoms with Gasteiger partial charge in [-0.1, -0.05) is 13.8 Å². The van der Waals surface area contributed by atoms with Gasteiger partial charge in [0.15, 0.2) is 0 Å². The summed E-state index contributed by atoms with van der Waals surface area (Å²) in [6, 6.07) is 6.99. The Bertz CT molecular complexity index is 801. The van der Waals surface area contributed by atoms with Crippen LogP contribution in [-0.4, -0.2) is 29.1 Å². The van der Waals surface area contributed by atoms with Gasteiger partial charge in [0.25, 0.3) is 0 Å². The number of nitrogens with two attached hydrogens (primary N) is 1. The molecule has 0 amide bonds. The lowest BCUT2D eigenvalue weighted by Gasteiger charge is -2.10. The first kappa shape index (κ1) is 20.2. The molecule has 0 aliphatic heterocycles. The number of aliphatic imine (C=N–C) groups is 1. The smallest absolute Gasteiger partial charge is 0.406 e. The maximum Gasteiger partial charge on any atom is 0.573 e. The fraction of sp³-hybridized carbons (Fsp3) is 0.278. The molecule has 3 N–H and O–H groups in total. The number of nitrogens with one attached hydrogen (secondary N) is 1. The van der Waals surface area contributed by atoms with Gasteiger partial charge in [0.05, 0.1) is 5.69 Å². The van der Waals surface area contributed by atoms with Gasteiger partial charge in [-0.25, -0.2) is 9.97 Å². The molecule has 0 spiro atoms. The van der Waals surface area contributed by atoms with E-state index in [0.717, 1.165) is 0 Å². The second-order valence-electron chi connectivity index (χ2n) is 6.00. The molecular formula is C18H20F3N5O. The summed E-state index contributed by atoms with van der Waals surface area (Å²) in [5.74, 6) is 0.583. The van der Waals surface area contributed by atoms with Crippen LogP contribution in [0.15, 0.2) is 47.9 Å². The lowest BCUT2D eigenvalue weighted by molar-refractivity contribution is -0.274. The third kappa shape index (κ3) is 6.96. The van der Waals surface area contributed by atoms with Gasteiger partial charge >= 0.3 is 6.36 Å². The minimum atomic E-state index is -4.72.